The number of nitrogens with one attached hydrogen (secondary N) is 1. The third-order valence-electron chi connectivity index (χ3n) is 4.70. The van der Waals surface area contributed by atoms with E-state index in [1.807, 2.05) is 18.2 Å². The van der Waals surface area contributed by atoms with E-state index in [0.717, 1.165) is 22.3 Å². The Labute approximate surface area is 174 Å². The minimum Gasteiger partial charge on any atom is -0.497 e. The second-order valence-corrected chi connectivity index (χ2v) is 6.86. The van der Waals surface area contributed by atoms with Gasteiger partial charge >= 0.3 is 0 Å². The van der Waals surface area contributed by atoms with Crippen LogP contribution >= 0.6 is 0 Å². The molecular weight excluding hydrogens is 385 g/mol. The molecule has 0 spiro atoms. The van der Waals surface area contributed by atoms with Crippen LogP contribution in [-0.2, 0) is 13.1 Å². The lowest BCUT2D eigenvalue weighted by Crippen LogP contribution is -2.23. The minimum absolute atomic E-state index is 0.250. The lowest BCUT2D eigenvalue weighted by molar-refractivity contribution is 0.0950. The molecule has 0 saturated carbocycles. The molecule has 3 N–H and O–H groups in total. The van der Waals surface area contributed by atoms with Gasteiger partial charge in [0.2, 0.25) is 5.95 Å². The maximum absolute atomic E-state index is 13.5. The van der Waals surface area contributed by atoms with Gasteiger partial charge in [0.1, 0.15) is 11.5 Å². The zero-order chi connectivity index (χ0) is 21.7. The standard InChI is InChI=1S/C23H24FN3O3/c1-14-4-19(13-26-22(14)24)17-5-15(11-25)6-18(9-17)23(28)27-12-16-7-20(29-2)10-21(8-16)30-3/h4-10,13H,11-12,25H2,1-3H3,(H,27,28). The number of rotatable bonds is 7. The van der Waals surface area contributed by atoms with Crippen molar-refractivity contribution in [2.24, 2.45) is 5.73 Å². The van der Waals surface area contributed by atoms with Crippen molar-refractivity contribution in [2.45, 2.75) is 20.0 Å². The first-order valence-corrected chi connectivity index (χ1v) is 9.40. The van der Waals surface area contributed by atoms with Crippen LogP contribution in [-0.4, -0.2) is 25.1 Å². The van der Waals surface area contributed by atoms with E-state index in [1.54, 1.807) is 45.4 Å². The summed E-state index contributed by atoms with van der Waals surface area (Å²) in [6.07, 6.45) is 1.45. The minimum atomic E-state index is -0.514. The lowest BCUT2D eigenvalue weighted by Gasteiger charge is -2.12. The summed E-state index contributed by atoms with van der Waals surface area (Å²) in [5.74, 6) is 0.524. The van der Waals surface area contributed by atoms with Gasteiger partial charge in [-0.25, -0.2) is 4.98 Å². The third kappa shape index (κ3) is 4.93. The van der Waals surface area contributed by atoms with Gasteiger partial charge in [-0.2, -0.15) is 4.39 Å². The molecule has 0 atom stereocenters. The number of pyridine rings is 1. The number of aromatic nitrogens is 1. The number of hydrogen-bond acceptors (Lipinski definition) is 5. The molecule has 6 nitrogen and oxygen atoms in total. The summed E-state index contributed by atoms with van der Waals surface area (Å²) in [6.45, 7) is 2.22. The van der Waals surface area contributed by atoms with Crippen LogP contribution in [0, 0.1) is 12.9 Å². The van der Waals surface area contributed by atoms with Crippen molar-refractivity contribution in [3.8, 4) is 22.6 Å². The number of halogens is 1. The Kier molecular flexibility index (Phi) is 6.64. The largest absolute Gasteiger partial charge is 0.497 e. The predicted molar refractivity (Wildman–Crippen MR) is 113 cm³/mol. The molecule has 0 bridgehead atoms. The highest BCUT2D eigenvalue weighted by Gasteiger charge is 2.12. The Balaban J connectivity index is 1.84. The van der Waals surface area contributed by atoms with E-state index in [-0.39, 0.29) is 12.5 Å². The third-order valence-corrected chi connectivity index (χ3v) is 4.70. The summed E-state index contributed by atoms with van der Waals surface area (Å²) < 4.78 is 24.0. The Bertz CT molecular complexity index is 1050. The normalized spacial score (nSPS) is 10.6. The molecule has 30 heavy (non-hydrogen) atoms. The summed E-state index contributed by atoms with van der Waals surface area (Å²) in [5, 5.41) is 2.90. The number of aryl methyl sites for hydroxylation is 1. The number of ether oxygens (including phenoxy) is 2. The first kappa shape index (κ1) is 21.3. The van der Waals surface area contributed by atoms with Gasteiger partial charge < -0.3 is 20.5 Å². The van der Waals surface area contributed by atoms with Crippen molar-refractivity contribution < 1.29 is 18.7 Å². The number of nitrogens with zero attached hydrogens (tertiary/aromatic N) is 1. The van der Waals surface area contributed by atoms with Crippen molar-refractivity contribution >= 4 is 5.91 Å². The fourth-order valence-electron chi connectivity index (χ4n) is 3.08. The van der Waals surface area contributed by atoms with Crippen LogP contribution in [0.2, 0.25) is 0 Å². The van der Waals surface area contributed by atoms with Gasteiger partial charge in [0.15, 0.2) is 0 Å². The van der Waals surface area contributed by atoms with Gasteiger partial charge in [0, 0.05) is 42.0 Å². The second kappa shape index (κ2) is 9.37. The molecule has 7 heteroatoms. The first-order chi connectivity index (χ1) is 14.4. The van der Waals surface area contributed by atoms with E-state index >= 15 is 0 Å². The molecule has 1 heterocycles. The summed E-state index contributed by atoms with van der Waals surface area (Å²) in [7, 11) is 3.14. The van der Waals surface area contributed by atoms with Crippen molar-refractivity contribution in [1.29, 1.82) is 0 Å². The van der Waals surface area contributed by atoms with E-state index in [9.17, 15) is 9.18 Å². The average Bonchev–Trinajstić information content (AvgIpc) is 2.78. The smallest absolute Gasteiger partial charge is 0.251 e. The summed E-state index contributed by atoms with van der Waals surface area (Å²) in [6, 6.07) is 12.5. The van der Waals surface area contributed by atoms with E-state index in [4.69, 9.17) is 15.2 Å². The van der Waals surface area contributed by atoms with Crippen molar-refractivity contribution in [1.82, 2.24) is 10.3 Å². The maximum Gasteiger partial charge on any atom is 0.251 e. The zero-order valence-corrected chi connectivity index (χ0v) is 17.2. The van der Waals surface area contributed by atoms with E-state index in [0.29, 0.717) is 29.2 Å². The summed E-state index contributed by atoms with van der Waals surface area (Å²) in [4.78, 5) is 16.6. The van der Waals surface area contributed by atoms with Gasteiger partial charge in [-0.3, -0.25) is 4.79 Å². The second-order valence-electron chi connectivity index (χ2n) is 6.86. The first-order valence-electron chi connectivity index (χ1n) is 9.40. The van der Waals surface area contributed by atoms with Crippen LogP contribution < -0.4 is 20.5 Å². The molecule has 3 rings (SSSR count). The van der Waals surface area contributed by atoms with E-state index in [2.05, 4.69) is 10.3 Å². The number of amides is 1. The molecule has 156 valence electrons. The highest BCUT2D eigenvalue weighted by molar-refractivity contribution is 5.95. The Morgan fingerprint density at radius 1 is 1.00 bits per heavy atom. The Hall–Kier alpha value is -3.45. The van der Waals surface area contributed by atoms with Crippen LogP contribution in [0.25, 0.3) is 11.1 Å². The molecule has 0 radical (unpaired) electrons. The van der Waals surface area contributed by atoms with Gasteiger partial charge in [-0.05, 0) is 60.0 Å². The molecule has 0 fully saturated rings. The Morgan fingerprint density at radius 2 is 1.70 bits per heavy atom. The fourth-order valence-corrected chi connectivity index (χ4v) is 3.08. The number of hydrogen-bond donors (Lipinski definition) is 2. The molecule has 3 aromatic rings. The fraction of sp³-hybridized carbons (Fsp3) is 0.217. The molecule has 2 aromatic carbocycles. The Morgan fingerprint density at radius 3 is 2.30 bits per heavy atom. The monoisotopic (exact) mass is 409 g/mol. The van der Waals surface area contributed by atoms with Crippen LogP contribution in [0.4, 0.5) is 4.39 Å². The van der Waals surface area contributed by atoms with Crippen molar-refractivity contribution in [3.05, 3.63) is 76.9 Å². The summed E-state index contributed by atoms with van der Waals surface area (Å²) >= 11 is 0. The topological polar surface area (TPSA) is 86.5 Å². The maximum atomic E-state index is 13.5. The molecule has 0 aliphatic rings. The number of carbonyl (C=O) groups is 1. The van der Waals surface area contributed by atoms with Crippen LogP contribution in [0.5, 0.6) is 11.5 Å². The molecular formula is C23H24FN3O3. The number of methoxy groups -OCH3 is 2. The highest BCUT2D eigenvalue weighted by Crippen LogP contribution is 2.25. The SMILES string of the molecule is COc1cc(CNC(=O)c2cc(CN)cc(-c3cnc(F)c(C)c3)c2)cc(OC)c1. The predicted octanol–water partition coefficient (Wildman–Crippen LogP) is 3.60. The van der Waals surface area contributed by atoms with Crippen LogP contribution in [0.1, 0.15) is 27.0 Å². The number of benzene rings is 2. The van der Waals surface area contributed by atoms with Gasteiger partial charge in [0.25, 0.3) is 5.91 Å². The quantitative estimate of drug-likeness (QED) is 0.583. The lowest BCUT2D eigenvalue weighted by atomic mass is 9.99. The number of nitrogens with two attached hydrogens (primary N) is 1. The molecule has 0 unspecified atom stereocenters. The number of carbonyl (C=O) groups excluding carboxylic acids is 1. The van der Waals surface area contributed by atoms with Crippen LogP contribution in [0.15, 0.2) is 48.7 Å². The van der Waals surface area contributed by atoms with E-state index < -0.39 is 5.95 Å². The van der Waals surface area contributed by atoms with Gasteiger partial charge in [-0.15, -0.1) is 0 Å². The molecule has 0 saturated heterocycles. The van der Waals surface area contributed by atoms with Gasteiger partial charge in [-0.1, -0.05) is 0 Å². The van der Waals surface area contributed by atoms with Crippen molar-refractivity contribution in [3.63, 3.8) is 0 Å². The van der Waals surface area contributed by atoms with Crippen LogP contribution in [0.3, 0.4) is 0 Å². The average molecular weight is 409 g/mol. The van der Waals surface area contributed by atoms with Crippen molar-refractivity contribution in [2.75, 3.05) is 14.2 Å². The molecule has 1 amide bonds. The van der Waals surface area contributed by atoms with Gasteiger partial charge in [0.05, 0.1) is 14.2 Å². The molecule has 0 aliphatic carbocycles. The van der Waals surface area contributed by atoms with E-state index in [1.165, 1.54) is 6.20 Å². The zero-order valence-electron chi connectivity index (χ0n) is 17.2. The molecule has 1 aromatic heterocycles. The highest BCUT2D eigenvalue weighted by atomic mass is 19.1. The summed E-state index contributed by atoms with van der Waals surface area (Å²) in [5.41, 5.74) is 9.82. The molecule has 0 aliphatic heterocycles.